The van der Waals surface area contributed by atoms with Crippen LogP contribution in [-0.2, 0) is 0 Å². The van der Waals surface area contributed by atoms with Crippen LogP contribution in [0.25, 0.3) is 0 Å². The minimum absolute atomic E-state index is 0.925. The van der Waals surface area contributed by atoms with Crippen molar-refractivity contribution in [1.29, 1.82) is 0 Å². The fraction of sp³-hybridized carbons (Fsp3) is 0.875. The Morgan fingerprint density at radius 1 is 0.485 bits per heavy atom. The molecule has 0 aromatic carbocycles. The van der Waals surface area contributed by atoms with Gasteiger partial charge in [0.2, 0.25) is 0 Å². The SMILES string of the molecule is CCCCC/C=C\C/C=C\CCCCCCCCCC(CCCCCCCCC)CN(C)C. The third-order valence-corrected chi connectivity index (χ3v) is 6.90. The van der Waals surface area contributed by atoms with E-state index in [1.807, 2.05) is 0 Å². The molecule has 0 aromatic heterocycles. The van der Waals surface area contributed by atoms with E-state index in [-0.39, 0.29) is 0 Å². The Balaban J connectivity index is 3.54. The van der Waals surface area contributed by atoms with Gasteiger partial charge in [-0.3, -0.25) is 0 Å². The topological polar surface area (TPSA) is 3.24 Å². The predicted octanol–water partition coefficient (Wildman–Crippen LogP) is 10.9. The van der Waals surface area contributed by atoms with Gasteiger partial charge in [0, 0.05) is 6.54 Å². The van der Waals surface area contributed by atoms with E-state index in [1.54, 1.807) is 0 Å². The van der Waals surface area contributed by atoms with Gasteiger partial charge in [0.15, 0.2) is 0 Å². The van der Waals surface area contributed by atoms with Crippen LogP contribution in [0, 0.1) is 5.92 Å². The highest BCUT2D eigenvalue weighted by atomic mass is 15.1. The average molecular weight is 462 g/mol. The van der Waals surface area contributed by atoms with Crippen LogP contribution in [0.1, 0.15) is 155 Å². The zero-order chi connectivity index (χ0) is 24.2. The molecule has 0 amide bonds. The zero-order valence-electron chi connectivity index (χ0n) is 23.6. The summed E-state index contributed by atoms with van der Waals surface area (Å²) in [6.07, 6.45) is 40.1. The second kappa shape index (κ2) is 27.7. The largest absolute Gasteiger partial charge is 0.309 e. The third kappa shape index (κ3) is 27.6. The second-order valence-corrected chi connectivity index (χ2v) is 10.8. The molecule has 1 heteroatoms. The number of allylic oxidation sites excluding steroid dienone is 4. The highest BCUT2D eigenvalue weighted by molar-refractivity contribution is 4.92. The molecule has 0 aliphatic rings. The van der Waals surface area contributed by atoms with E-state index in [1.165, 1.54) is 141 Å². The molecule has 1 atom stereocenters. The minimum Gasteiger partial charge on any atom is -0.309 e. The molecule has 33 heavy (non-hydrogen) atoms. The first-order valence-electron chi connectivity index (χ1n) is 15.1. The molecule has 0 saturated heterocycles. The molecule has 0 rings (SSSR count). The van der Waals surface area contributed by atoms with Crippen LogP contribution in [0.2, 0.25) is 0 Å². The van der Waals surface area contributed by atoms with E-state index in [0.29, 0.717) is 0 Å². The summed E-state index contributed by atoms with van der Waals surface area (Å²) in [6, 6.07) is 0. The standard InChI is InChI=1S/C32H63N/c1-5-7-9-11-13-14-15-16-17-18-19-20-21-22-24-26-28-30-32(31-33(3)4)29-27-25-23-12-10-8-6-2/h13-14,16-17,32H,5-12,15,18-31H2,1-4H3/b14-13-,17-16-. The van der Waals surface area contributed by atoms with Crippen molar-refractivity contribution in [3.8, 4) is 0 Å². The van der Waals surface area contributed by atoms with Crippen molar-refractivity contribution >= 4 is 0 Å². The summed E-state index contributed by atoms with van der Waals surface area (Å²) in [7, 11) is 4.50. The van der Waals surface area contributed by atoms with Gasteiger partial charge < -0.3 is 4.90 Å². The van der Waals surface area contributed by atoms with Gasteiger partial charge in [-0.1, -0.05) is 134 Å². The lowest BCUT2D eigenvalue weighted by atomic mass is 9.93. The van der Waals surface area contributed by atoms with Gasteiger partial charge in [-0.2, -0.15) is 0 Å². The molecule has 0 spiro atoms. The van der Waals surface area contributed by atoms with Gasteiger partial charge in [-0.25, -0.2) is 0 Å². The summed E-state index contributed by atoms with van der Waals surface area (Å²) in [6.45, 7) is 5.87. The third-order valence-electron chi connectivity index (χ3n) is 6.90. The first-order chi connectivity index (χ1) is 16.2. The molecular formula is C32H63N. The van der Waals surface area contributed by atoms with Crippen LogP contribution in [0.4, 0.5) is 0 Å². The molecule has 0 bridgehead atoms. The normalized spacial score (nSPS) is 13.1. The van der Waals surface area contributed by atoms with Gasteiger partial charge in [0.1, 0.15) is 0 Å². The summed E-state index contributed by atoms with van der Waals surface area (Å²) in [5.41, 5.74) is 0. The Bertz CT molecular complexity index is 409. The molecule has 0 heterocycles. The van der Waals surface area contributed by atoms with Gasteiger partial charge in [0.05, 0.1) is 0 Å². The molecule has 0 fully saturated rings. The lowest BCUT2D eigenvalue weighted by molar-refractivity contribution is 0.286. The highest BCUT2D eigenvalue weighted by Gasteiger charge is 2.09. The van der Waals surface area contributed by atoms with Gasteiger partial charge >= 0.3 is 0 Å². The molecule has 0 aliphatic heterocycles. The number of hydrogen-bond donors (Lipinski definition) is 0. The summed E-state index contributed by atoms with van der Waals surface area (Å²) in [5.74, 6) is 0.925. The minimum atomic E-state index is 0.925. The van der Waals surface area contributed by atoms with Crippen LogP contribution in [0.15, 0.2) is 24.3 Å². The number of hydrogen-bond acceptors (Lipinski definition) is 1. The average Bonchev–Trinajstić information content (AvgIpc) is 2.80. The number of nitrogens with zero attached hydrogens (tertiary/aromatic N) is 1. The smallest absolute Gasteiger partial charge is 0.000356 e. The maximum Gasteiger partial charge on any atom is 0.000356 e. The van der Waals surface area contributed by atoms with Crippen LogP contribution in [0.3, 0.4) is 0 Å². The Kier molecular flexibility index (Phi) is 27.2. The van der Waals surface area contributed by atoms with Crippen molar-refractivity contribution in [3.63, 3.8) is 0 Å². The Hall–Kier alpha value is -0.560. The van der Waals surface area contributed by atoms with Crippen molar-refractivity contribution < 1.29 is 0 Å². The molecule has 0 saturated carbocycles. The van der Waals surface area contributed by atoms with Gasteiger partial charge in [-0.05, 0) is 65.0 Å². The van der Waals surface area contributed by atoms with E-state index >= 15 is 0 Å². The van der Waals surface area contributed by atoms with Crippen LogP contribution < -0.4 is 0 Å². The maximum atomic E-state index is 2.41. The van der Waals surface area contributed by atoms with Gasteiger partial charge in [0.25, 0.3) is 0 Å². The summed E-state index contributed by atoms with van der Waals surface area (Å²) in [5, 5.41) is 0. The summed E-state index contributed by atoms with van der Waals surface area (Å²) < 4.78 is 0. The maximum absolute atomic E-state index is 2.41. The summed E-state index contributed by atoms with van der Waals surface area (Å²) in [4.78, 5) is 2.41. The number of rotatable bonds is 26. The van der Waals surface area contributed by atoms with Crippen molar-refractivity contribution in [2.24, 2.45) is 5.92 Å². The predicted molar refractivity (Wildman–Crippen MR) is 153 cm³/mol. The van der Waals surface area contributed by atoms with Gasteiger partial charge in [-0.15, -0.1) is 0 Å². The zero-order valence-corrected chi connectivity index (χ0v) is 23.6. The monoisotopic (exact) mass is 461 g/mol. The quantitative estimate of drug-likeness (QED) is 0.0914. The Morgan fingerprint density at radius 2 is 0.879 bits per heavy atom. The van der Waals surface area contributed by atoms with Crippen molar-refractivity contribution in [3.05, 3.63) is 24.3 Å². The molecule has 0 N–H and O–H groups in total. The molecule has 1 nitrogen and oxygen atoms in total. The van der Waals surface area contributed by atoms with Crippen LogP contribution >= 0.6 is 0 Å². The lowest BCUT2D eigenvalue weighted by Crippen LogP contribution is -2.21. The lowest BCUT2D eigenvalue weighted by Gasteiger charge is -2.21. The fourth-order valence-electron chi connectivity index (χ4n) is 4.83. The molecule has 196 valence electrons. The molecule has 1 unspecified atom stereocenters. The van der Waals surface area contributed by atoms with E-state index < -0.39 is 0 Å². The fourth-order valence-corrected chi connectivity index (χ4v) is 4.83. The van der Waals surface area contributed by atoms with Crippen molar-refractivity contribution in [2.75, 3.05) is 20.6 Å². The Morgan fingerprint density at radius 3 is 1.36 bits per heavy atom. The first-order valence-corrected chi connectivity index (χ1v) is 15.1. The number of unbranched alkanes of at least 4 members (excludes halogenated alkanes) is 16. The van der Waals surface area contributed by atoms with E-state index in [4.69, 9.17) is 0 Å². The van der Waals surface area contributed by atoms with E-state index in [2.05, 4.69) is 57.1 Å². The van der Waals surface area contributed by atoms with E-state index in [9.17, 15) is 0 Å². The van der Waals surface area contributed by atoms with Crippen molar-refractivity contribution in [2.45, 2.75) is 155 Å². The first kappa shape index (κ1) is 32.4. The van der Waals surface area contributed by atoms with Crippen molar-refractivity contribution in [1.82, 2.24) is 4.90 Å². The highest BCUT2D eigenvalue weighted by Crippen LogP contribution is 2.20. The van der Waals surface area contributed by atoms with Crippen LogP contribution in [-0.4, -0.2) is 25.5 Å². The molecular weight excluding hydrogens is 398 g/mol. The molecule has 0 aliphatic carbocycles. The molecule has 0 aromatic rings. The van der Waals surface area contributed by atoms with Crippen LogP contribution in [0.5, 0.6) is 0 Å². The summed E-state index contributed by atoms with van der Waals surface area (Å²) >= 11 is 0. The second-order valence-electron chi connectivity index (χ2n) is 10.8. The molecule has 0 radical (unpaired) electrons. The van der Waals surface area contributed by atoms with E-state index in [0.717, 1.165) is 12.3 Å². The Labute approximate surface area is 210 Å².